The first kappa shape index (κ1) is 16.9. The zero-order chi connectivity index (χ0) is 18.8. The molecule has 0 bridgehead atoms. The largest absolute Gasteiger partial charge is 0.497 e. The molecular weight excluding hydrogens is 349 g/mol. The van der Waals surface area contributed by atoms with Crippen LogP contribution in [-0.2, 0) is 0 Å². The molecule has 7 nitrogen and oxygen atoms in total. The van der Waals surface area contributed by atoms with Crippen LogP contribution in [-0.4, -0.2) is 32.4 Å². The van der Waals surface area contributed by atoms with Crippen LogP contribution in [0.25, 0.3) is 10.9 Å². The van der Waals surface area contributed by atoms with E-state index in [2.05, 4.69) is 25.5 Å². The van der Waals surface area contributed by atoms with Crippen LogP contribution >= 0.6 is 0 Å². The molecular formula is C19H16FN5O2. The van der Waals surface area contributed by atoms with Gasteiger partial charge in [-0.3, -0.25) is 5.10 Å². The van der Waals surface area contributed by atoms with Crippen LogP contribution in [0.3, 0.4) is 0 Å². The molecule has 0 spiro atoms. The maximum absolute atomic E-state index is 13.2. The Hall–Kier alpha value is -3.52. The molecule has 0 aliphatic rings. The highest BCUT2D eigenvalue weighted by Gasteiger charge is 2.18. The van der Waals surface area contributed by atoms with Gasteiger partial charge in [-0.1, -0.05) is 12.1 Å². The average Bonchev–Trinajstić information content (AvgIpc) is 3.20. The summed E-state index contributed by atoms with van der Waals surface area (Å²) < 4.78 is 18.4. The molecule has 0 aliphatic carbocycles. The van der Waals surface area contributed by atoms with Crippen molar-refractivity contribution in [1.29, 1.82) is 0 Å². The van der Waals surface area contributed by atoms with Crippen LogP contribution in [0.4, 0.5) is 16.0 Å². The van der Waals surface area contributed by atoms with Gasteiger partial charge in [-0.05, 0) is 29.8 Å². The minimum atomic E-state index is -1.11. The number of methoxy groups -OCH3 is 1. The summed E-state index contributed by atoms with van der Waals surface area (Å²) >= 11 is 0. The Morgan fingerprint density at radius 2 is 1.93 bits per heavy atom. The molecule has 2 heterocycles. The first-order valence-corrected chi connectivity index (χ1v) is 8.20. The van der Waals surface area contributed by atoms with Crippen LogP contribution in [0.15, 0.2) is 54.7 Å². The van der Waals surface area contributed by atoms with Crippen molar-refractivity contribution in [3.05, 3.63) is 71.9 Å². The molecule has 0 saturated carbocycles. The molecule has 0 saturated heterocycles. The molecule has 3 N–H and O–H groups in total. The highest BCUT2D eigenvalue weighted by molar-refractivity contribution is 5.91. The van der Waals surface area contributed by atoms with E-state index in [0.717, 1.165) is 5.39 Å². The summed E-state index contributed by atoms with van der Waals surface area (Å²) in [6.45, 7) is 0. The van der Waals surface area contributed by atoms with Crippen molar-refractivity contribution in [3.63, 3.8) is 0 Å². The number of nitrogens with one attached hydrogen (secondary N) is 2. The zero-order valence-electron chi connectivity index (χ0n) is 14.3. The minimum Gasteiger partial charge on any atom is -0.497 e. The van der Waals surface area contributed by atoms with Crippen molar-refractivity contribution in [2.75, 3.05) is 12.4 Å². The average molecular weight is 365 g/mol. The van der Waals surface area contributed by atoms with Gasteiger partial charge >= 0.3 is 0 Å². The fourth-order valence-corrected chi connectivity index (χ4v) is 2.72. The lowest BCUT2D eigenvalue weighted by Gasteiger charge is -2.14. The van der Waals surface area contributed by atoms with E-state index in [4.69, 9.17) is 4.74 Å². The van der Waals surface area contributed by atoms with Gasteiger partial charge in [-0.25, -0.2) is 14.4 Å². The Labute approximate surface area is 153 Å². The third kappa shape index (κ3) is 3.42. The molecule has 4 aromatic rings. The van der Waals surface area contributed by atoms with E-state index >= 15 is 0 Å². The summed E-state index contributed by atoms with van der Waals surface area (Å²) in [4.78, 5) is 8.94. The second kappa shape index (κ2) is 7.00. The molecule has 8 heteroatoms. The van der Waals surface area contributed by atoms with Gasteiger partial charge in [-0.2, -0.15) is 5.10 Å². The number of aromatic amines is 1. The number of halogens is 1. The second-order valence-corrected chi connectivity index (χ2v) is 5.85. The van der Waals surface area contributed by atoms with Gasteiger partial charge in [0.15, 0.2) is 11.6 Å². The Kier molecular flexibility index (Phi) is 4.39. The molecule has 27 heavy (non-hydrogen) atoms. The molecule has 0 fully saturated rings. The number of benzene rings is 2. The van der Waals surface area contributed by atoms with Gasteiger partial charge < -0.3 is 15.2 Å². The van der Waals surface area contributed by atoms with E-state index in [1.807, 2.05) is 6.07 Å². The maximum atomic E-state index is 13.2. The number of rotatable bonds is 5. The highest BCUT2D eigenvalue weighted by Crippen LogP contribution is 2.29. The van der Waals surface area contributed by atoms with Gasteiger partial charge in [0.2, 0.25) is 0 Å². The third-order valence-corrected chi connectivity index (χ3v) is 4.10. The van der Waals surface area contributed by atoms with Gasteiger partial charge in [0.25, 0.3) is 0 Å². The first-order valence-electron chi connectivity index (χ1n) is 8.20. The normalized spacial score (nSPS) is 12.1. The Bertz CT molecular complexity index is 1070. The summed E-state index contributed by atoms with van der Waals surface area (Å²) in [6.07, 6.45) is 0.573. The van der Waals surface area contributed by atoms with Gasteiger partial charge in [0, 0.05) is 23.7 Å². The summed E-state index contributed by atoms with van der Waals surface area (Å²) in [5.74, 6) is 1.50. The van der Waals surface area contributed by atoms with Crippen molar-refractivity contribution < 1.29 is 14.2 Å². The van der Waals surface area contributed by atoms with Gasteiger partial charge in [0.05, 0.1) is 12.6 Å². The summed E-state index contributed by atoms with van der Waals surface area (Å²) in [5, 5.41) is 21.3. The Morgan fingerprint density at radius 3 is 2.63 bits per heavy atom. The SMILES string of the molecule is COc1ccc2c(Nc3cc[nH]n3)nc([C@H](O)c3ccc(F)cc3)nc2c1. The molecule has 0 aliphatic heterocycles. The van der Waals surface area contributed by atoms with E-state index < -0.39 is 6.10 Å². The second-order valence-electron chi connectivity index (χ2n) is 5.85. The lowest BCUT2D eigenvalue weighted by atomic mass is 10.1. The number of aliphatic hydroxyl groups is 1. The topological polar surface area (TPSA) is 96.0 Å². The Balaban J connectivity index is 1.83. The van der Waals surface area contributed by atoms with E-state index in [1.54, 1.807) is 31.5 Å². The number of hydrogen-bond acceptors (Lipinski definition) is 6. The number of anilines is 2. The third-order valence-electron chi connectivity index (χ3n) is 4.10. The molecule has 0 unspecified atom stereocenters. The van der Waals surface area contributed by atoms with Crippen molar-refractivity contribution >= 4 is 22.5 Å². The number of H-pyrrole nitrogens is 1. The van der Waals surface area contributed by atoms with E-state index in [0.29, 0.717) is 28.5 Å². The van der Waals surface area contributed by atoms with Crippen molar-refractivity contribution in [2.24, 2.45) is 0 Å². The fraction of sp³-hybridized carbons (Fsp3) is 0.105. The molecule has 4 rings (SSSR count). The molecule has 136 valence electrons. The quantitative estimate of drug-likeness (QED) is 0.502. The van der Waals surface area contributed by atoms with Crippen molar-refractivity contribution in [2.45, 2.75) is 6.10 Å². The summed E-state index contributed by atoms with van der Waals surface area (Å²) in [7, 11) is 1.57. The van der Waals surface area contributed by atoms with Crippen LogP contribution in [0.5, 0.6) is 5.75 Å². The molecule has 0 radical (unpaired) electrons. The maximum Gasteiger partial charge on any atom is 0.164 e. The number of ether oxygens (including phenoxy) is 1. The highest BCUT2D eigenvalue weighted by atomic mass is 19.1. The lowest BCUT2D eigenvalue weighted by Crippen LogP contribution is -2.08. The first-order chi connectivity index (χ1) is 13.1. The minimum absolute atomic E-state index is 0.181. The molecule has 2 aromatic carbocycles. The molecule has 1 atom stereocenters. The van der Waals surface area contributed by atoms with Crippen LogP contribution < -0.4 is 10.1 Å². The van der Waals surface area contributed by atoms with Crippen molar-refractivity contribution in [3.8, 4) is 5.75 Å². The summed E-state index contributed by atoms with van der Waals surface area (Å²) in [6, 6.07) is 12.7. The lowest BCUT2D eigenvalue weighted by molar-refractivity contribution is 0.210. The van der Waals surface area contributed by atoms with Crippen LogP contribution in [0, 0.1) is 5.82 Å². The molecule has 0 amide bonds. The van der Waals surface area contributed by atoms with E-state index in [1.165, 1.54) is 24.3 Å². The standard InChI is InChI=1S/C19H16FN5O2/c1-27-13-6-7-14-15(10-13)22-19(17(26)11-2-4-12(20)5-3-11)24-18(14)23-16-8-9-21-25-16/h2-10,17,26H,1H3,(H2,21,22,23,24,25)/t17-/m1/s1. The zero-order valence-corrected chi connectivity index (χ0v) is 14.3. The van der Waals surface area contributed by atoms with E-state index in [9.17, 15) is 9.50 Å². The molecule has 2 aromatic heterocycles. The monoisotopic (exact) mass is 365 g/mol. The van der Waals surface area contributed by atoms with Crippen LogP contribution in [0.2, 0.25) is 0 Å². The van der Waals surface area contributed by atoms with Gasteiger partial charge in [0.1, 0.15) is 23.5 Å². The Morgan fingerprint density at radius 1 is 1.11 bits per heavy atom. The predicted molar refractivity (Wildman–Crippen MR) is 98.4 cm³/mol. The smallest absolute Gasteiger partial charge is 0.164 e. The van der Waals surface area contributed by atoms with Crippen LogP contribution in [0.1, 0.15) is 17.5 Å². The number of nitrogens with zero attached hydrogens (tertiary/aromatic N) is 3. The number of aromatic nitrogens is 4. The summed E-state index contributed by atoms with van der Waals surface area (Å²) in [5.41, 5.74) is 1.09. The van der Waals surface area contributed by atoms with Crippen molar-refractivity contribution in [1.82, 2.24) is 20.2 Å². The number of hydrogen-bond donors (Lipinski definition) is 3. The number of fused-ring (bicyclic) bond motifs is 1. The predicted octanol–water partition coefficient (Wildman–Crippen LogP) is 3.33. The number of aliphatic hydroxyl groups excluding tert-OH is 1. The van der Waals surface area contributed by atoms with Gasteiger partial charge in [-0.15, -0.1) is 0 Å². The fourth-order valence-electron chi connectivity index (χ4n) is 2.72. The van der Waals surface area contributed by atoms with E-state index in [-0.39, 0.29) is 11.6 Å².